The lowest BCUT2D eigenvalue weighted by molar-refractivity contribution is -0.144. The summed E-state index contributed by atoms with van der Waals surface area (Å²) in [7, 11) is 1.59. The Balaban J connectivity index is 1.68. The van der Waals surface area contributed by atoms with Gasteiger partial charge in [0.25, 0.3) is 0 Å². The highest BCUT2D eigenvalue weighted by Crippen LogP contribution is 2.36. The zero-order valence-corrected chi connectivity index (χ0v) is 23.9. The first-order valence-corrected chi connectivity index (χ1v) is 14.1. The number of benzene rings is 4. The Morgan fingerprint density at radius 3 is 2.05 bits per heavy atom. The molecule has 0 aliphatic rings. The Kier molecular flexibility index (Phi) is 11.8. The van der Waals surface area contributed by atoms with E-state index >= 15 is 0 Å². The van der Waals surface area contributed by atoms with Crippen molar-refractivity contribution >= 4 is 5.97 Å². The van der Waals surface area contributed by atoms with Crippen LogP contribution in [-0.4, -0.2) is 37.9 Å². The molecule has 0 amide bonds. The predicted molar refractivity (Wildman–Crippen MR) is 161 cm³/mol. The van der Waals surface area contributed by atoms with Crippen molar-refractivity contribution in [2.45, 2.75) is 39.0 Å². The van der Waals surface area contributed by atoms with Gasteiger partial charge in [-0.3, -0.25) is 9.69 Å². The zero-order chi connectivity index (χ0) is 28.7. The smallest absolute Gasteiger partial charge is 0.307 e. The van der Waals surface area contributed by atoms with E-state index in [1.54, 1.807) is 7.11 Å². The van der Waals surface area contributed by atoms with Crippen LogP contribution in [0.3, 0.4) is 0 Å². The van der Waals surface area contributed by atoms with E-state index in [9.17, 15) is 4.79 Å². The molecule has 214 valence electrons. The molecule has 1 atom stereocenters. The second-order valence-electron chi connectivity index (χ2n) is 9.74. The van der Waals surface area contributed by atoms with Crippen molar-refractivity contribution in [3.05, 3.63) is 131 Å². The monoisotopic (exact) mass is 553 g/mol. The van der Waals surface area contributed by atoms with E-state index in [1.165, 1.54) is 5.56 Å². The number of carbonyl (C=O) groups is 1. The van der Waals surface area contributed by atoms with Crippen molar-refractivity contribution in [1.29, 1.82) is 0 Å². The number of carbonyl (C=O) groups excluding carboxylic acids is 1. The van der Waals surface area contributed by atoms with Gasteiger partial charge >= 0.3 is 5.97 Å². The fourth-order valence-corrected chi connectivity index (χ4v) is 4.76. The minimum absolute atomic E-state index is 0.0734. The number of ether oxygens (including phenoxy) is 4. The van der Waals surface area contributed by atoms with Gasteiger partial charge in [-0.2, -0.15) is 0 Å². The largest absolute Gasteiger partial charge is 0.489 e. The number of hydrogen-bond donors (Lipinski definition) is 0. The van der Waals surface area contributed by atoms with E-state index in [0.29, 0.717) is 31.3 Å². The highest BCUT2D eigenvalue weighted by molar-refractivity contribution is 5.70. The summed E-state index contributed by atoms with van der Waals surface area (Å²) >= 11 is 0. The highest BCUT2D eigenvalue weighted by Gasteiger charge is 2.28. The van der Waals surface area contributed by atoms with Gasteiger partial charge in [-0.15, -0.1) is 0 Å². The summed E-state index contributed by atoms with van der Waals surface area (Å²) in [5.41, 5.74) is 4.36. The Bertz CT molecular complexity index is 1310. The van der Waals surface area contributed by atoms with E-state index < -0.39 is 0 Å². The Morgan fingerprint density at radius 1 is 0.780 bits per heavy atom. The molecular formula is C35H39NO5. The molecule has 0 radical (unpaired) electrons. The molecule has 1 unspecified atom stereocenters. The van der Waals surface area contributed by atoms with Crippen molar-refractivity contribution in [3.8, 4) is 11.5 Å². The van der Waals surface area contributed by atoms with Crippen LogP contribution in [0, 0.1) is 0 Å². The van der Waals surface area contributed by atoms with E-state index in [-0.39, 0.29) is 25.2 Å². The van der Waals surface area contributed by atoms with Crippen LogP contribution < -0.4 is 9.47 Å². The topological polar surface area (TPSA) is 57.2 Å². The summed E-state index contributed by atoms with van der Waals surface area (Å²) in [4.78, 5) is 15.3. The molecular weight excluding hydrogens is 514 g/mol. The van der Waals surface area contributed by atoms with Gasteiger partial charge in [-0.1, -0.05) is 97.1 Å². The number of esters is 1. The summed E-state index contributed by atoms with van der Waals surface area (Å²) in [6.45, 7) is 4.06. The number of nitrogens with zero attached hydrogens (tertiary/aromatic N) is 1. The van der Waals surface area contributed by atoms with Crippen LogP contribution in [0.2, 0.25) is 0 Å². The molecule has 0 saturated heterocycles. The SMILES string of the molecule is CCOC(=O)CC(c1ccc(OCc2ccccc2)cc1OCOC)N(CCc1ccccc1)Cc1ccccc1. The average Bonchev–Trinajstić information content (AvgIpc) is 3.02. The molecule has 6 nitrogen and oxygen atoms in total. The average molecular weight is 554 g/mol. The third-order valence-corrected chi connectivity index (χ3v) is 6.79. The summed E-state index contributed by atoms with van der Waals surface area (Å²) in [6, 6.07) is 36.2. The second-order valence-corrected chi connectivity index (χ2v) is 9.74. The summed E-state index contributed by atoms with van der Waals surface area (Å²) < 4.78 is 22.9. The first-order chi connectivity index (χ1) is 20.2. The number of rotatable bonds is 16. The quantitative estimate of drug-likeness (QED) is 0.110. The molecule has 0 aliphatic carbocycles. The maximum absolute atomic E-state index is 13.0. The van der Waals surface area contributed by atoms with Crippen LogP contribution in [-0.2, 0) is 33.8 Å². The van der Waals surface area contributed by atoms with Gasteiger partial charge in [-0.25, -0.2) is 0 Å². The fourth-order valence-electron chi connectivity index (χ4n) is 4.76. The van der Waals surface area contributed by atoms with Gasteiger partial charge in [0.2, 0.25) is 0 Å². The number of methoxy groups -OCH3 is 1. The maximum atomic E-state index is 13.0. The lowest BCUT2D eigenvalue weighted by Crippen LogP contribution is -2.33. The first-order valence-electron chi connectivity index (χ1n) is 14.1. The van der Waals surface area contributed by atoms with E-state index in [4.69, 9.17) is 18.9 Å². The van der Waals surface area contributed by atoms with E-state index in [2.05, 4.69) is 41.3 Å². The maximum Gasteiger partial charge on any atom is 0.307 e. The molecule has 41 heavy (non-hydrogen) atoms. The van der Waals surface area contributed by atoms with Gasteiger partial charge < -0.3 is 18.9 Å². The van der Waals surface area contributed by atoms with Gasteiger partial charge in [0.05, 0.1) is 13.0 Å². The van der Waals surface area contributed by atoms with Gasteiger partial charge in [0, 0.05) is 37.9 Å². The summed E-state index contributed by atoms with van der Waals surface area (Å²) in [5, 5.41) is 0. The Morgan fingerprint density at radius 2 is 1.41 bits per heavy atom. The summed E-state index contributed by atoms with van der Waals surface area (Å²) in [5.74, 6) is 1.04. The highest BCUT2D eigenvalue weighted by atomic mass is 16.7. The third-order valence-electron chi connectivity index (χ3n) is 6.79. The van der Waals surface area contributed by atoms with Crippen LogP contribution in [0.5, 0.6) is 11.5 Å². The van der Waals surface area contributed by atoms with Crippen molar-refractivity contribution in [3.63, 3.8) is 0 Å². The predicted octanol–water partition coefficient (Wildman–Crippen LogP) is 6.99. The lowest BCUT2D eigenvalue weighted by Gasteiger charge is -2.33. The fraction of sp³-hybridized carbons (Fsp3) is 0.286. The molecule has 0 fully saturated rings. The normalized spacial score (nSPS) is 11.7. The van der Waals surface area contributed by atoms with E-state index in [0.717, 1.165) is 29.7 Å². The van der Waals surface area contributed by atoms with Crippen LogP contribution in [0.4, 0.5) is 0 Å². The molecule has 0 aliphatic heterocycles. The molecule has 0 N–H and O–H groups in total. The molecule has 0 bridgehead atoms. The van der Waals surface area contributed by atoms with Gasteiger partial charge in [0.15, 0.2) is 6.79 Å². The number of hydrogen-bond acceptors (Lipinski definition) is 6. The first kappa shape index (κ1) is 29.8. The van der Waals surface area contributed by atoms with Crippen LogP contribution in [0.25, 0.3) is 0 Å². The molecule has 0 aromatic heterocycles. The van der Waals surface area contributed by atoms with Crippen molar-refractivity contribution in [1.82, 2.24) is 4.90 Å². The standard InChI is InChI=1S/C35H39NO5/c1-3-39-35(37)24-33(36(25-29-15-9-5-10-16-29)22-21-28-13-7-4-8-14-28)32-20-19-31(23-34(32)41-27-38-2)40-26-30-17-11-6-12-18-30/h4-20,23,33H,3,21-22,24-27H2,1-2H3. The van der Waals surface area contributed by atoms with Crippen molar-refractivity contribution in [2.75, 3.05) is 27.1 Å². The van der Waals surface area contributed by atoms with Crippen molar-refractivity contribution < 1.29 is 23.7 Å². The second kappa shape index (κ2) is 16.2. The molecule has 4 aromatic rings. The molecule has 0 spiro atoms. The minimum atomic E-state index is -0.298. The minimum Gasteiger partial charge on any atom is -0.489 e. The van der Waals surface area contributed by atoms with Crippen LogP contribution >= 0.6 is 0 Å². The van der Waals surface area contributed by atoms with E-state index in [1.807, 2.05) is 79.7 Å². The van der Waals surface area contributed by atoms with Gasteiger partial charge in [0.1, 0.15) is 18.1 Å². The zero-order valence-electron chi connectivity index (χ0n) is 23.9. The summed E-state index contributed by atoms with van der Waals surface area (Å²) in [6.07, 6.45) is 1.02. The molecule has 4 aromatic carbocycles. The van der Waals surface area contributed by atoms with Crippen LogP contribution in [0.15, 0.2) is 109 Å². The Labute approximate surface area is 243 Å². The molecule has 0 saturated carbocycles. The Hall–Kier alpha value is -4.13. The van der Waals surface area contributed by atoms with Crippen molar-refractivity contribution in [2.24, 2.45) is 0 Å². The molecule has 6 heteroatoms. The lowest BCUT2D eigenvalue weighted by atomic mass is 9.98. The van der Waals surface area contributed by atoms with Gasteiger partial charge in [-0.05, 0) is 36.1 Å². The third kappa shape index (κ3) is 9.48. The molecule has 0 heterocycles. The van der Waals surface area contributed by atoms with Crippen LogP contribution in [0.1, 0.15) is 41.6 Å². The molecule has 4 rings (SSSR count).